The molecule has 2 amide bonds. The Morgan fingerprint density at radius 2 is 1.58 bits per heavy atom. The van der Waals surface area contributed by atoms with Crippen molar-refractivity contribution in [3.63, 3.8) is 0 Å². The lowest BCUT2D eigenvalue weighted by molar-refractivity contribution is -0.119. The van der Waals surface area contributed by atoms with Gasteiger partial charge in [0.25, 0.3) is 0 Å². The Labute approximate surface area is 152 Å². The van der Waals surface area contributed by atoms with Crippen LogP contribution in [0.15, 0.2) is 54.6 Å². The lowest BCUT2D eigenvalue weighted by Gasteiger charge is -2.21. The number of alkyl carbamates (subject to hydrolysis) is 1. The normalized spacial score (nSPS) is 11.5. The van der Waals surface area contributed by atoms with Crippen LogP contribution in [0, 0.1) is 5.92 Å². The molecule has 0 saturated heterocycles. The SMILES string of the molecule is COC(=O)NC(C(=O)Nc1cccc(C(=O)c2ccccc2)c1)C(C)C. The molecule has 2 rings (SSSR count). The molecule has 0 saturated carbocycles. The van der Waals surface area contributed by atoms with Crippen molar-refractivity contribution in [2.75, 3.05) is 12.4 Å². The molecule has 0 fully saturated rings. The minimum Gasteiger partial charge on any atom is -0.453 e. The van der Waals surface area contributed by atoms with Gasteiger partial charge < -0.3 is 15.4 Å². The number of amides is 2. The second-order valence-electron chi connectivity index (χ2n) is 6.12. The number of carbonyl (C=O) groups excluding carboxylic acids is 3. The molecule has 2 aromatic rings. The summed E-state index contributed by atoms with van der Waals surface area (Å²) in [4.78, 5) is 36.4. The summed E-state index contributed by atoms with van der Waals surface area (Å²) in [6, 6.07) is 14.9. The number of nitrogens with one attached hydrogen (secondary N) is 2. The highest BCUT2D eigenvalue weighted by Gasteiger charge is 2.24. The summed E-state index contributed by atoms with van der Waals surface area (Å²) in [6.45, 7) is 3.63. The molecule has 26 heavy (non-hydrogen) atoms. The number of hydrogen-bond donors (Lipinski definition) is 2. The molecule has 1 unspecified atom stereocenters. The number of methoxy groups -OCH3 is 1. The van der Waals surface area contributed by atoms with E-state index in [2.05, 4.69) is 15.4 Å². The first-order valence-electron chi connectivity index (χ1n) is 8.27. The average molecular weight is 354 g/mol. The predicted octanol–water partition coefficient (Wildman–Crippen LogP) is 3.24. The van der Waals surface area contributed by atoms with Crippen LogP contribution in [0.5, 0.6) is 0 Å². The number of benzene rings is 2. The second kappa shape index (κ2) is 8.80. The third kappa shape index (κ3) is 4.92. The molecule has 2 aromatic carbocycles. The van der Waals surface area contributed by atoms with E-state index in [9.17, 15) is 14.4 Å². The van der Waals surface area contributed by atoms with Crippen molar-refractivity contribution >= 4 is 23.5 Å². The molecule has 0 radical (unpaired) electrons. The van der Waals surface area contributed by atoms with Crippen LogP contribution in [0.3, 0.4) is 0 Å². The minimum absolute atomic E-state index is 0.130. The Bertz CT molecular complexity index is 787. The van der Waals surface area contributed by atoms with Crippen LogP contribution in [-0.4, -0.2) is 30.9 Å². The monoisotopic (exact) mass is 354 g/mol. The van der Waals surface area contributed by atoms with Crippen molar-refractivity contribution in [1.29, 1.82) is 0 Å². The number of ether oxygens (including phenoxy) is 1. The summed E-state index contributed by atoms with van der Waals surface area (Å²) in [6.07, 6.45) is -0.674. The molecule has 6 nitrogen and oxygen atoms in total. The fraction of sp³-hybridized carbons (Fsp3) is 0.250. The zero-order chi connectivity index (χ0) is 19.1. The van der Waals surface area contributed by atoms with Gasteiger partial charge in [0, 0.05) is 16.8 Å². The Morgan fingerprint density at radius 3 is 2.19 bits per heavy atom. The summed E-state index contributed by atoms with van der Waals surface area (Å²) >= 11 is 0. The van der Waals surface area contributed by atoms with E-state index in [0.29, 0.717) is 16.8 Å². The fourth-order valence-corrected chi connectivity index (χ4v) is 2.44. The molecular weight excluding hydrogens is 332 g/mol. The standard InChI is InChI=1S/C20H22N2O4/c1-13(2)17(22-20(25)26-3)19(24)21-16-11-7-10-15(12-16)18(23)14-8-5-4-6-9-14/h4-13,17H,1-3H3,(H,21,24)(H,22,25). The lowest BCUT2D eigenvalue weighted by Crippen LogP contribution is -2.47. The van der Waals surface area contributed by atoms with Gasteiger partial charge >= 0.3 is 6.09 Å². The van der Waals surface area contributed by atoms with Crippen LogP contribution in [0.4, 0.5) is 10.5 Å². The molecule has 0 aliphatic carbocycles. The van der Waals surface area contributed by atoms with Crippen molar-refractivity contribution in [2.45, 2.75) is 19.9 Å². The molecule has 0 aliphatic rings. The molecule has 0 bridgehead atoms. The number of ketones is 1. The first-order valence-corrected chi connectivity index (χ1v) is 8.27. The smallest absolute Gasteiger partial charge is 0.407 e. The average Bonchev–Trinajstić information content (AvgIpc) is 2.65. The maximum atomic E-state index is 12.5. The van der Waals surface area contributed by atoms with Gasteiger partial charge in [-0.1, -0.05) is 56.3 Å². The van der Waals surface area contributed by atoms with Crippen molar-refractivity contribution in [1.82, 2.24) is 5.32 Å². The third-order valence-electron chi connectivity index (χ3n) is 3.84. The highest BCUT2D eigenvalue weighted by molar-refractivity contribution is 6.09. The number of carbonyl (C=O) groups is 3. The van der Waals surface area contributed by atoms with Gasteiger partial charge in [0.15, 0.2) is 5.78 Å². The van der Waals surface area contributed by atoms with Gasteiger partial charge in [0.1, 0.15) is 6.04 Å². The third-order valence-corrected chi connectivity index (χ3v) is 3.84. The molecule has 6 heteroatoms. The summed E-state index contributed by atoms with van der Waals surface area (Å²) < 4.78 is 4.56. The van der Waals surface area contributed by atoms with Crippen molar-refractivity contribution < 1.29 is 19.1 Å². The zero-order valence-electron chi connectivity index (χ0n) is 15.0. The van der Waals surface area contributed by atoms with Crippen LogP contribution < -0.4 is 10.6 Å². The summed E-state index contributed by atoms with van der Waals surface area (Å²) in [5.74, 6) is -0.646. The van der Waals surface area contributed by atoms with Crippen molar-refractivity contribution in [3.05, 3.63) is 65.7 Å². The number of rotatable bonds is 6. The Balaban J connectivity index is 2.15. The highest BCUT2D eigenvalue weighted by Crippen LogP contribution is 2.16. The van der Waals surface area contributed by atoms with Gasteiger partial charge in [-0.25, -0.2) is 4.79 Å². The van der Waals surface area contributed by atoms with E-state index >= 15 is 0 Å². The van der Waals surface area contributed by atoms with E-state index in [1.807, 2.05) is 19.9 Å². The van der Waals surface area contributed by atoms with Gasteiger partial charge in [-0.15, -0.1) is 0 Å². The molecule has 2 N–H and O–H groups in total. The maximum Gasteiger partial charge on any atom is 0.407 e. The van der Waals surface area contributed by atoms with Crippen LogP contribution in [-0.2, 0) is 9.53 Å². The molecule has 0 heterocycles. The van der Waals surface area contributed by atoms with Gasteiger partial charge in [-0.05, 0) is 18.1 Å². The van der Waals surface area contributed by atoms with Crippen LogP contribution in [0.1, 0.15) is 29.8 Å². The van der Waals surface area contributed by atoms with E-state index in [0.717, 1.165) is 0 Å². The quantitative estimate of drug-likeness (QED) is 0.780. The van der Waals surface area contributed by atoms with Crippen LogP contribution in [0.25, 0.3) is 0 Å². The molecule has 1 atom stereocenters. The van der Waals surface area contributed by atoms with Crippen LogP contribution >= 0.6 is 0 Å². The zero-order valence-corrected chi connectivity index (χ0v) is 15.0. The Hall–Kier alpha value is -3.15. The highest BCUT2D eigenvalue weighted by atomic mass is 16.5. The summed E-state index contributed by atoms with van der Waals surface area (Å²) in [5, 5.41) is 5.25. The molecule has 0 spiro atoms. The van der Waals surface area contributed by atoms with Crippen LogP contribution in [0.2, 0.25) is 0 Å². The minimum atomic E-state index is -0.754. The van der Waals surface area contributed by atoms with Crippen molar-refractivity contribution in [3.8, 4) is 0 Å². The summed E-state index contributed by atoms with van der Waals surface area (Å²) in [5.41, 5.74) is 1.52. The van der Waals surface area contributed by atoms with E-state index in [-0.39, 0.29) is 17.6 Å². The molecule has 0 aliphatic heterocycles. The van der Waals surface area contributed by atoms with E-state index < -0.39 is 12.1 Å². The Morgan fingerprint density at radius 1 is 0.923 bits per heavy atom. The maximum absolute atomic E-state index is 12.5. The van der Waals surface area contributed by atoms with Gasteiger partial charge in [0.05, 0.1) is 7.11 Å². The molecular formula is C20H22N2O4. The number of hydrogen-bond acceptors (Lipinski definition) is 4. The Kier molecular flexibility index (Phi) is 6.49. The topological polar surface area (TPSA) is 84.5 Å². The predicted molar refractivity (Wildman–Crippen MR) is 99.1 cm³/mol. The van der Waals surface area contributed by atoms with Gasteiger partial charge in [-0.3, -0.25) is 9.59 Å². The van der Waals surface area contributed by atoms with E-state index in [1.54, 1.807) is 48.5 Å². The molecule has 136 valence electrons. The number of anilines is 1. The molecule has 0 aromatic heterocycles. The van der Waals surface area contributed by atoms with E-state index in [4.69, 9.17) is 0 Å². The lowest BCUT2D eigenvalue weighted by atomic mass is 10.0. The largest absolute Gasteiger partial charge is 0.453 e. The van der Waals surface area contributed by atoms with Gasteiger partial charge in [-0.2, -0.15) is 0 Å². The summed E-state index contributed by atoms with van der Waals surface area (Å²) in [7, 11) is 1.24. The van der Waals surface area contributed by atoms with Crippen molar-refractivity contribution in [2.24, 2.45) is 5.92 Å². The first kappa shape index (κ1) is 19.2. The van der Waals surface area contributed by atoms with Gasteiger partial charge in [0.2, 0.25) is 5.91 Å². The van der Waals surface area contributed by atoms with E-state index in [1.165, 1.54) is 7.11 Å². The second-order valence-corrected chi connectivity index (χ2v) is 6.12. The first-order chi connectivity index (χ1) is 12.4. The fourth-order valence-electron chi connectivity index (χ4n) is 2.44.